The van der Waals surface area contributed by atoms with Gasteiger partial charge in [-0.25, -0.2) is 9.97 Å². The monoisotopic (exact) mass is 743 g/mol. The van der Waals surface area contributed by atoms with Crippen LogP contribution in [0.4, 0.5) is 34.1 Å². The average molecular weight is 744 g/mol. The summed E-state index contributed by atoms with van der Waals surface area (Å²) >= 11 is 3.37. The molecule has 260 valence electrons. The molecule has 11 rings (SSSR count). The van der Waals surface area contributed by atoms with Crippen LogP contribution < -0.4 is 9.80 Å². The van der Waals surface area contributed by atoms with Crippen LogP contribution in [0.15, 0.2) is 180 Å². The zero-order chi connectivity index (χ0) is 36.3. The minimum Gasteiger partial charge on any atom is -0.456 e. The maximum atomic E-state index is 6.67. The Bertz CT molecular complexity index is 3140. The Morgan fingerprint density at radius 1 is 0.491 bits per heavy atom. The van der Waals surface area contributed by atoms with Crippen molar-refractivity contribution in [2.45, 2.75) is 0 Å². The molecular weight excluding hydrogens is 715 g/mol. The number of hydrogen-bond acceptors (Lipinski definition) is 8. The molecule has 55 heavy (non-hydrogen) atoms. The van der Waals surface area contributed by atoms with Gasteiger partial charge >= 0.3 is 0 Å². The molecule has 4 aromatic heterocycles. The summed E-state index contributed by atoms with van der Waals surface area (Å²) in [6, 6.07) is 55.4. The zero-order valence-corrected chi connectivity index (χ0v) is 30.8. The molecule has 6 nitrogen and oxygen atoms in total. The van der Waals surface area contributed by atoms with E-state index in [4.69, 9.17) is 9.40 Å². The van der Waals surface area contributed by atoms with E-state index in [1.807, 2.05) is 29.9 Å². The van der Waals surface area contributed by atoms with Gasteiger partial charge in [0.25, 0.3) is 0 Å². The Morgan fingerprint density at radius 3 is 2.09 bits per heavy atom. The highest BCUT2D eigenvalue weighted by Gasteiger charge is 2.18. The number of rotatable bonds is 7. The highest BCUT2D eigenvalue weighted by atomic mass is 32.1. The van der Waals surface area contributed by atoms with E-state index in [2.05, 4.69) is 159 Å². The molecule has 0 fully saturated rings. The van der Waals surface area contributed by atoms with Crippen molar-refractivity contribution in [1.29, 1.82) is 0 Å². The molecule has 0 spiro atoms. The number of para-hydroxylation sites is 2. The summed E-state index contributed by atoms with van der Waals surface area (Å²) in [7, 11) is 0. The van der Waals surface area contributed by atoms with Gasteiger partial charge in [-0.1, -0.05) is 36.4 Å². The maximum Gasteiger partial charge on any atom is 0.137 e. The first-order chi connectivity index (χ1) is 27.2. The Kier molecular flexibility index (Phi) is 7.43. The Hall–Kier alpha value is -6.87. The van der Waals surface area contributed by atoms with Crippen LogP contribution in [0.25, 0.3) is 63.7 Å². The lowest BCUT2D eigenvalue weighted by Gasteiger charge is -2.25. The van der Waals surface area contributed by atoms with Gasteiger partial charge in [-0.2, -0.15) is 0 Å². The van der Waals surface area contributed by atoms with E-state index >= 15 is 0 Å². The third kappa shape index (κ3) is 5.58. The zero-order valence-electron chi connectivity index (χ0n) is 29.2. The Morgan fingerprint density at radius 2 is 1.22 bits per heavy atom. The van der Waals surface area contributed by atoms with Crippen molar-refractivity contribution in [2.24, 2.45) is 0 Å². The molecule has 0 aliphatic carbocycles. The van der Waals surface area contributed by atoms with Gasteiger partial charge < -0.3 is 14.2 Å². The van der Waals surface area contributed by atoms with E-state index < -0.39 is 0 Å². The molecule has 0 amide bonds. The van der Waals surface area contributed by atoms with Gasteiger partial charge in [0.1, 0.15) is 16.2 Å². The number of pyridine rings is 1. The molecule has 8 heteroatoms. The fraction of sp³-hybridized carbons (Fsp3) is 0. The number of hydrogen-bond donors (Lipinski definition) is 0. The molecule has 7 aromatic carbocycles. The summed E-state index contributed by atoms with van der Waals surface area (Å²) < 4.78 is 9.03. The van der Waals surface area contributed by atoms with E-state index in [-0.39, 0.29) is 0 Å². The third-order valence-electron chi connectivity index (χ3n) is 10.1. The number of aromatic nitrogens is 3. The first-order valence-corrected chi connectivity index (χ1v) is 19.7. The van der Waals surface area contributed by atoms with Crippen molar-refractivity contribution in [3.63, 3.8) is 0 Å². The molecule has 0 bridgehead atoms. The van der Waals surface area contributed by atoms with Gasteiger partial charge in [-0.05, 0) is 126 Å². The average Bonchev–Trinajstić information content (AvgIpc) is 3.98. The normalized spacial score (nSPS) is 11.6. The molecule has 11 aromatic rings. The summed E-state index contributed by atoms with van der Waals surface area (Å²) in [5, 5.41) is 5.42. The van der Waals surface area contributed by atoms with E-state index in [1.165, 1.54) is 9.40 Å². The van der Waals surface area contributed by atoms with Crippen LogP contribution in [-0.2, 0) is 0 Å². The predicted molar refractivity (Wildman–Crippen MR) is 230 cm³/mol. The van der Waals surface area contributed by atoms with Crippen LogP contribution in [0.5, 0.6) is 0 Å². The van der Waals surface area contributed by atoms with Gasteiger partial charge in [-0.15, -0.1) is 22.7 Å². The van der Waals surface area contributed by atoms with Crippen molar-refractivity contribution < 1.29 is 4.42 Å². The number of fused-ring (bicyclic) bond motifs is 6. The standard InChI is InChI=1S/C47H29N5OS2/c1-2-7-33(8-3-1)51(36-19-21-45-42(26-36)49-29-54-45)35-17-14-31-24-40-39-20-18-37(27-44(39)53-43(40)25-32(31)23-35)52(38-9-6-22-48-28-38)34-15-12-30(13-16-34)47-50-41-10-4-5-11-46(41)55-47/h1-29H. The number of nitrogens with zero attached hydrogens (tertiary/aromatic N) is 5. The summed E-state index contributed by atoms with van der Waals surface area (Å²) in [6.45, 7) is 0. The van der Waals surface area contributed by atoms with Crippen molar-refractivity contribution in [3.05, 3.63) is 176 Å². The van der Waals surface area contributed by atoms with Crippen LogP contribution in [0.3, 0.4) is 0 Å². The highest BCUT2D eigenvalue weighted by Crippen LogP contribution is 2.42. The van der Waals surface area contributed by atoms with Gasteiger partial charge in [-0.3, -0.25) is 4.98 Å². The minimum atomic E-state index is 0.825. The molecular formula is C47H29N5OS2. The van der Waals surface area contributed by atoms with Gasteiger partial charge in [0.15, 0.2) is 0 Å². The third-order valence-corrected chi connectivity index (χ3v) is 12.0. The second kappa shape index (κ2) is 12.9. The van der Waals surface area contributed by atoms with Crippen molar-refractivity contribution in [1.82, 2.24) is 15.0 Å². The van der Waals surface area contributed by atoms with E-state index in [0.717, 1.165) is 88.4 Å². The lowest BCUT2D eigenvalue weighted by molar-refractivity contribution is 0.669. The topological polar surface area (TPSA) is 58.3 Å². The molecule has 4 heterocycles. The molecule has 0 radical (unpaired) electrons. The first kappa shape index (κ1) is 31.6. The number of anilines is 6. The Labute approximate surface area is 323 Å². The molecule has 0 N–H and O–H groups in total. The van der Waals surface area contributed by atoms with Gasteiger partial charge in [0.05, 0.1) is 37.8 Å². The fourth-order valence-electron chi connectivity index (χ4n) is 7.47. The number of thiazole rings is 2. The summed E-state index contributed by atoms with van der Waals surface area (Å²) in [4.78, 5) is 18.4. The molecule has 0 unspecified atom stereocenters. The highest BCUT2D eigenvalue weighted by molar-refractivity contribution is 7.21. The summed E-state index contributed by atoms with van der Waals surface area (Å²) in [5.74, 6) is 0. The van der Waals surface area contributed by atoms with Crippen LogP contribution in [0.1, 0.15) is 0 Å². The van der Waals surface area contributed by atoms with Crippen molar-refractivity contribution in [2.75, 3.05) is 9.80 Å². The first-order valence-electron chi connectivity index (χ1n) is 18.0. The van der Waals surface area contributed by atoms with Gasteiger partial charge in [0, 0.05) is 57.0 Å². The van der Waals surface area contributed by atoms with Crippen molar-refractivity contribution in [3.8, 4) is 10.6 Å². The Balaban J connectivity index is 0.986. The lowest BCUT2D eigenvalue weighted by Crippen LogP contribution is -2.10. The van der Waals surface area contributed by atoms with Gasteiger partial charge in [0.2, 0.25) is 0 Å². The van der Waals surface area contributed by atoms with Crippen LogP contribution in [0, 0.1) is 0 Å². The number of furan rings is 1. The number of benzene rings is 7. The molecule has 0 aliphatic rings. The van der Waals surface area contributed by atoms with Crippen LogP contribution in [-0.4, -0.2) is 15.0 Å². The quantitative estimate of drug-likeness (QED) is 0.162. The molecule has 0 atom stereocenters. The van der Waals surface area contributed by atoms with Crippen LogP contribution in [0.2, 0.25) is 0 Å². The van der Waals surface area contributed by atoms with Crippen LogP contribution >= 0.6 is 22.7 Å². The van der Waals surface area contributed by atoms with E-state index in [9.17, 15) is 0 Å². The van der Waals surface area contributed by atoms with E-state index in [1.54, 1.807) is 28.9 Å². The smallest absolute Gasteiger partial charge is 0.137 e. The largest absolute Gasteiger partial charge is 0.456 e. The lowest BCUT2D eigenvalue weighted by atomic mass is 10.0. The van der Waals surface area contributed by atoms with E-state index in [0.29, 0.717) is 0 Å². The maximum absolute atomic E-state index is 6.67. The molecule has 0 saturated carbocycles. The van der Waals surface area contributed by atoms with Crippen molar-refractivity contribution >= 4 is 110 Å². The molecule has 0 aliphatic heterocycles. The second-order valence-electron chi connectivity index (χ2n) is 13.4. The molecule has 0 saturated heterocycles. The SMILES string of the molecule is c1ccc(N(c2ccc3cc4c(cc3c2)oc2cc(N(c3ccc(-c5nc6ccccc6s5)cc3)c3cccnc3)ccc24)c2ccc3scnc3c2)cc1. The minimum absolute atomic E-state index is 0.825. The summed E-state index contributed by atoms with van der Waals surface area (Å²) in [5.41, 5.74) is 12.8. The predicted octanol–water partition coefficient (Wildman–Crippen LogP) is 14.0. The second-order valence-corrected chi connectivity index (χ2v) is 15.3. The fourth-order valence-corrected chi connectivity index (χ4v) is 9.10. The summed E-state index contributed by atoms with van der Waals surface area (Å²) in [6.07, 6.45) is 3.69.